The molecule has 0 aromatic rings. The molecule has 0 aliphatic carbocycles. The lowest BCUT2D eigenvalue weighted by atomic mass is 9.98. The van der Waals surface area contributed by atoms with E-state index in [2.05, 4.69) is 4.74 Å². The van der Waals surface area contributed by atoms with Crippen LogP contribution in [0.3, 0.4) is 0 Å². The molecule has 0 aromatic carbocycles. The van der Waals surface area contributed by atoms with E-state index in [0.717, 1.165) is 0 Å². The van der Waals surface area contributed by atoms with E-state index in [0.29, 0.717) is 0 Å². The summed E-state index contributed by atoms with van der Waals surface area (Å²) in [6, 6.07) is 0. The Hall–Kier alpha value is -0.360. The maximum Gasteiger partial charge on any atom is 0.307 e. The van der Waals surface area contributed by atoms with Crippen LogP contribution in [-0.2, 0) is 4.74 Å². The van der Waals surface area contributed by atoms with Crippen LogP contribution in [0.2, 0.25) is 0 Å². The number of aliphatic hydroxyl groups excluding tert-OH is 1. The topological polar surface area (TPSA) is 29.5 Å². The lowest BCUT2D eigenvalue weighted by molar-refractivity contribution is -0.144. The molecule has 0 amide bonds. The molecule has 1 N–H and O–H groups in total. The zero-order valence-corrected chi connectivity index (χ0v) is 6.72. The maximum absolute atomic E-state index is 12.5. The van der Waals surface area contributed by atoms with E-state index in [1.54, 1.807) is 0 Å². The normalized spacial score (nSPS) is 30.0. The summed E-state index contributed by atoms with van der Waals surface area (Å²) in [6.07, 6.45) is -5.75. The lowest BCUT2D eigenvalue weighted by Crippen LogP contribution is -2.33. The van der Waals surface area contributed by atoms with Crippen LogP contribution in [0.1, 0.15) is 6.42 Å². The van der Waals surface area contributed by atoms with Gasteiger partial charge < -0.3 is 9.84 Å². The van der Waals surface area contributed by atoms with Gasteiger partial charge in [-0.1, -0.05) is 0 Å². The lowest BCUT2D eigenvalue weighted by Gasteiger charge is -2.20. The first-order chi connectivity index (χ1) is 5.93. The van der Waals surface area contributed by atoms with Crippen molar-refractivity contribution in [2.75, 3.05) is 13.2 Å². The molecule has 1 rings (SSSR count). The van der Waals surface area contributed by atoms with Crippen molar-refractivity contribution < 1.29 is 27.4 Å². The van der Waals surface area contributed by atoms with Gasteiger partial charge in [-0.05, 0) is 0 Å². The molecule has 1 aliphatic rings. The van der Waals surface area contributed by atoms with Gasteiger partial charge in [-0.15, -0.1) is 0 Å². The number of rotatable bonds is 3. The molecule has 2 unspecified atom stereocenters. The molecule has 13 heavy (non-hydrogen) atoms. The summed E-state index contributed by atoms with van der Waals surface area (Å²) in [5.74, 6) is -4.91. The van der Waals surface area contributed by atoms with Crippen LogP contribution in [0.4, 0.5) is 17.6 Å². The Bertz CT molecular complexity index is 174. The smallest absolute Gasteiger partial charge is 0.307 e. The third kappa shape index (κ3) is 2.54. The van der Waals surface area contributed by atoms with E-state index in [1.807, 2.05) is 0 Å². The van der Waals surface area contributed by atoms with Crippen LogP contribution >= 0.6 is 0 Å². The second-order valence-electron chi connectivity index (χ2n) is 3.13. The Balaban J connectivity index is 2.47. The summed E-state index contributed by atoms with van der Waals surface area (Å²) in [7, 11) is 0. The van der Waals surface area contributed by atoms with Gasteiger partial charge in [0.25, 0.3) is 0 Å². The van der Waals surface area contributed by atoms with E-state index in [-0.39, 0.29) is 13.2 Å². The molecule has 1 saturated heterocycles. The van der Waals surface area contributed by atoms with Crippen molar-refractivity contribution in [3.63, 3.8) is 0 Å². The molecule has 0 radical (unpaired) electrons. The van der Waals surface area contributed by atoms with Gasteiger partial charge in [0, 0.05) is 12.3 Å². The average Bonchev–Trinajstić information content (AvgIpc) is 2.35. The average molecular weight is 202 g/mol. The van der Waals surface area contributed by atoms with E-state index in [9.17, 15) is 17.6 Å². The molecule has 0 spiro atoms. The van der Waals surface area contributed by atoms with Crippen molar-refractivity contribution in [3.8, 4) is 0 Å². The molecule has 2 atom stereocenters. The van der Waals surface area contributed by atoms with Crippen molar-refractivity contribution in [1.82, 2.24) is 0 Å². The van der Waals surface area contributed by atoms with E-state index < -0.39 is 30.8 Å². The predicted octanol–water partition coefficient (Wildman–Crippen LogP) is 1.28. The minimum atomic E-state index is -4.03. The summed E-state index contributed by atoms with van der Waals surface area (Å²) >= 11 is 0. The zero-order chi connectivity index (χ0) is 10.1. The SMILES string of the molecule is OC1COCC1CC(F)(F)C(F)F. The number of halogens is 4. The maximum atomic E-state index is 12.5. The Labute approximate surface area is 72.5 Å². The summed E-state index contributed by atoms with van der Waals surface area (Å²) < 4.78 is 53.0. The quantitative estimate of drug-likeness (QED) is 0.698. The summed E-state index contributed by atoms with van der Waals surface area (Å²) in [4.78, 5) is 0. The first-order valence-electron chi connectivity index (χ1n) is 3.85. The Kier molecular flexibility index (Phi) is 3.13. The number of hydrogen-bond donors (Lipinski definition) is 1. The van der Waals surface area contributed by atoms with Crippen LogP contribution in [0.15, 0.2) is 0 Å². The molecule has 1 heterocycles. The van der Waals surface area contributed by atoms with Gasteiger partial charge in [0.1, 0.15) is 0 Å². The van der Waals surface area contributed by atoms with E-state index in [1.165, 1.54) is 0 Å². The summed E-state index contributed by atoms with van der Waals surface area (Å²) in [5.41, 5.74) is 0. The predicted molar refractivity (Wildman–Crippen MR) is 35.9 cm³/mol. The van der Waals surface area contributed by atoms with Crippen LogP contribution < -0.4 is 0 Å². The molecule has 0 bridgehead atoms. The highest BCUT2D eigenvalue weighted by Gasteiger charge is 2.45. The summed E-state index contributed by atoms with van der Waals surface area (Å²) in [6.45, 7) is -0.131. The van der Waals surface area contributed by atoms with E-state index in [4.69, 9.17) is 5.11 Å². The number of hydrogen-bond acceptors (Lipinski definition) is 2. The van der Waals surface area contributed by atoms with Gasteiger partial charge in [0.15, 0.2) is 0 Å². The van der Waals surface area contributed by atoms with Gasteiger partial charge >= 0.3 is 12.3 Å². The Morgan fingerprint density at radius 3 is 2.38 bits per heavy atom. The van der Waals surface area contributed by atoms with Crippen molar-refractivity contribution >= 4 is 0 Å². The zero-order valence-electron chi connectivity index (χ0n) is 6.72. The molecule has 0 saturated carbocycles. The second kappa shape index (κ2) is 3.79. The fourth-order valence-corrected chi connectivity index (χ4v) is 1.22. The fourth-order valence-electron chi connectivity index (χ4n) is 1.22. The Morgan fingerprint density at radius 1 is 1.38 bits per heavy atom. The molecular weight excluding hydrogens is 192 g/mol. The summed E-state index contributed by atoms with van der Waals surface area (Å²) in [5, 5.41) is 9.03. The standard InChI is InChI=1S/C7H10F4O2/c8-6(9)7(10,11)1-4-2-13-3-5(4)12/h4-6,12H,1-3H2. The molecule has 2 nitrogen and oxygen atoms in total. The molecule has 78 valence electrons. The van der Waals surface area contributed by atoms with Gasteiger partial charge in [0.2, 0.25) is 0 Å². The first-order valence-corrected chi connectivity index (χ1v) is 3.85. The number of ether oxygens (including phenoxy) is 1. The van der Waals surface area contributed by atoms with Crippen LogP contribution in [0, 0.1) is 5.92 Å². The molecular formula is C7H10F4O2. The van der Waals surface area contributed by atoms with Crippen LogP contribution in [-0.4, -0.2) is 36.8 Å². The largest absolute Gasteiger partial charge is 0.390 e. The van der Waals surface area contributed by atoms with Crippen molar-refractivity contribution in [2.24, 2.45) is 5.92 Å². The molecule has 1 fully saturated rings. The van der Waals surface area contributed by atoms with Crippen molar-refractivity contribution in [1.29, 1.82) is 0 Å². The molecule has 6 heteroatoms. The highest BCUT2D eigenvalue weighted by Crippen LogP contribution is 2.33. The van der Waals surface area contributed by atoms with Gasteiger partial charge in [-0.2, -0.15) is 0 Å². The van der Waals surface area contributed by atoms with Crippen LogP contribution in [0.5, 0.6) is 0 Å². The highest BCUT2D eigenvalue weighted by atomic mass is 19.3. The van der Waals surface area contributed by atoms with Crippen molar-refractivity contribution in [2.45, 2.75) is 24.9 Å². The monoisotopic (exact) mass is 202 g/mol. The third-order valence-electron chi connectivity index (χ3n) is 2.02. The van der Waals surface area contributed by atoms with Crippen molar-refractivity contribution in [3.05, 3.63) is 0 Å². The van der Waals surface area contributed by atoms with Gasteiger partial charge in [-0.3, -0.25) is 0 Å². The minimum absolute atomic E-state index is 0.0516. The van der Waals surface area contributed by atoms with Crippen LogP contribution in [0.25, 0.3) is 0 Å². The number of aliphatic hydroxyl groups is 1. The first kappa shape index (κ1) is 10.7. The second-order valence-corrected chi connectivity index (χ2v) is 3.13. The highest BCUT2D eigenvalue weighted by molar-refractivity contribution is 4.81. The molecule has 0 aromatic heterocycles. The van der Waals surface area contributed by atoms with Gasteiger partial charge in [0.05, 0.1) is 19.3 Å². The van der Waals surface area contributed by atoms with Gasteiger partial charge in [-0.25, -0.2) is 17.6 Å². The van der Waals surface area contributed by atoms with E-state index >= 15 is 0 Å². The number of alkyl halides is 4. The molecule has 1 aliphatic heterocycles. The Morgan fingerprint density at radius 2 is 2.00 bits per heavy atom. The minimum Gasteiger partial charge on any atom is -0.390 e. The third-order valence-corrected chi connectivity index (χ3v) is 2.02. The fraction of sp³-hybridized carbons (Fsp3) is 1.00.